The standard InChI is InChI=1S/C15H8BrF5O2S/c16-9-3-1-8(2-4-9)5-6-24(22,23)7-10-11(17)13(19)15(21)14(20)12(10)18/h1-6H,7H2/b6-5+. The maximum Gasteiger partial charge on any atom is 0.200 e. The Morgan fingerprint density at radius 1 is 0.833 bits per heavy atom. The first-order valence-electron chi connectivity index (χ1n) is 6.29. The number of hydrogen-bond acceptors (Lipinski definition) is 2. The Balaban J connectivity index is 2.35. The van der Waals surface area contributed by atoms with Crippen LogP contribution < -0.4 is 0 Å². The Bertz CT molecular complexity index is 879. The van der Waals surface area contributed by atoms with Crippen LogP contribution >= 0.6 is 15.9 Å². The monoisotopic (exact) mass is 426 g/mol. The van der Waals surface area contributed by atoms with Crippen LogP contribution in [-0.4, -0.2) is 8.42 Å². The van der Waals surface area contributed by atoms with Crippen molar-refractivity contribution < 1.29 is 30.4 Å². The Kier molecular flexibility index (Phi) is 5.44. The molecule has 0 bridgehead atoms. The molecular weight excluding hydrogens is 419 g/mol. The van der Waals surface area contributed by atoms with Gasteiger partial charge in [-0.3, -0.25) is 0 Å². The number of sulfone groups is 1. The molecule has 0 aliphatic heterocycles. The van der Waals surface area contributed by atoms with Gasteiger partial charge in [-0.1, -0.05) is 28.1 Å². The third kappa shape index (κ3) is 4.02. The van der Waals surface area contributed by atoms with E-state index >= 15 is 0 Å². The second kappa shape index (κ2) is 7.02. The van der Waals surface area contributed by atoms with Crippen molar-refractivity contribution in [1.29, 1.82) is 0 Å². The van der Waals surface area contributed by atoms with Crippen LogP contribution in [0.1, 0.15) is 11.1 Å². The topological polar surface area (TPSA) is 34.1 Å². The van der Waals surface area contributed by atoms with Gasteiger partial charge in [-0.2, -0.15) is 0 Å². The van der Waals surface area contributed by atoms with Crippen LogP contribution in [0.25, 0.3) is 6.08 Å². The van der Waals surface area contributed by atoms with Gasteiger partial charge in [0, 0.05) is 15.4 Å². The molecule has 2 aromatic carbocycles. The summed E-state index contributed by atoms with van der Waals surface area (Å²) in [4.78, 5) is 0. The lowest BCUT2D eigenvalue weighted by Gasteiger charge is -2.07. The van der Waals surface area contributed by atoms with Crippen LogP contribution in [0.3, 0.4) is 0 Å². The molecule has 2 nitrogen and oxygen atoms in total. The minimum Gasteiger partial charge on any atom is -0.224 e. The highest BCUT2D eigenvalue weighted by Crippen LogP contribution is 2.25. The van der Waals surface area contributed by atoms with E-state index < -0.39 is 50.2 Å². The van der Waals surface area contributed by atoms with Gasteiger partial charge in [-0.15, -0.1) is 0 Å². The van der Waals surface area contributed by atoms with Crippen molar-refractivity contribution in [1.82, 2.24) is 0 Å². The van der Waals surface area contributed by atoms with Crippen LogP contribution in [-0.2, 0) is 15.6 Å². The molecular formula is C15H8BrF5O2S. The van der Waals surface area contributed by atoms with Crippen molar-refractivity contribution in [2.24, 2.45) is 0 Å². The first-order chi connectivity index (χ1) is 11.1. The molecule has 0 unspecified atom stereocenters. The van der Waals surface area contributed by atoms with Gasteiger partial charge in [0.25, 0.3) is 0 Å². The largest absolute Gasteiger partial charge is 0.224 e. The van der Waals surface area contributed by atoms with E-state index in [1.807, 2.05) is 0 Å². The third-order valence-corrected chi connectivity index (χ3v) is 4.75. The number of rotatable bonds is 4. The van der Waals surface area contributed by atoms with Gasteiger partial charge in [-0.25, -0.2) is 30.4 Å². The molecule has 0 heterocycles. The van der Waals surface area contributed by atoms with E-state index in [2.05, 4.69) is 15.9 Å². The second-order valence-corrected chi connectivity index (χ2v) is 7.51. The average molecular weight is 427 g/mol. The lowest BCUT2D eigenvalue weighted by Crippen LogP contribution is -2.11. The van der Waals surface area contributed by atoms with E-state index in [0.717, 1.165) is 10.5 Å². The van der Waals surface area contributed by atoms with Gasteiger partial charge >= 0.3 is 0 Å². The van der Waals surface area contributed by atoms with Crippen LogP contribution in [0.4, 0.5) is 22.0 Å². The van der Waals surface area contributed by atoms with Gasteiger partial charge in [0.05, 0.1) is 5.75 Å². The van der Waals surface area contributed by atoms with Crippen molar-refractivity contribution in [3.05, 3.63) is 74.4 Å². The summed E-state index contributed by atoms with van der Waals surface area (Å²) in [5.41, 5.74) is -0.925. The molecule has 0 saturated carbocycles. The van der Waals surface area contributed by atoms with E-state index in [1.165, 1.54) is 0 Å². The van der Waals surface area contributed by atoms with Crippen molar-refractivity contribution in [2.45, 2.75) is 5.75 Å². The molecule has 0 atom stereocenters. The lowest BCUT2D eigenvalue weighted by atomic mass is 10.2. The van der Waals surface area contributed by atoms with Gasteiger partial charge in [0.2, 0.25) is 5.82 Å². The lowest BCUT2D eigenvalue weighted by molar-refractivity contribution is 0.372. The van der Waals surface area contributed by atoms with Gasteiger partial charge in [0.1, 0.15) is 0 Å². The summed E-state index contributed by atoms with van der Waals surface area (Å²) in [6.45, 7) is 0. The molecule has 0 radical (unpaired) electrons. The van der Waals surface area contributed by atoms with Gasteiger partial charge < -0.3 is 0 Å². The Morgan fingerprint density at radius 2 is 1.29 bits per heavy atom. The van der Waals surface area contributed by atoms with Gasteiger partial charge in [-0.05, 0) is 23.8 Å². The van der Waals surface area contributed by atoms with Crippen molar-refractivity contribution in [2.75, 3.05) is 0 Å². The summed E-state index contributed by atoms with van der Waals surface area (Å²) in [7, 11) is -4.26. The van der Waals surface area contributed by atoms with Crippen LogP contribution in [0, 0.1) is 29.1 Å². The first kappa shape index (κ1) is 18.6. The van der Waals surface area contributed by atoms with E-state index in [4.69, 9.17) is 0 Å². The van der Waals surface area contributed by atoms with Crippen LogP contribution in [0.5, 0.6) is 0 Å². The molecule has 0 amide bonds. The van der Waals surface area contributed by atoms with Crippen molar-refractivity contribution in [3.63, 3.8) is 0 Å². The average Bonchev–Trinajstić information content (AvgIpc) is 2.55. The quantitative estimate of drug-likeness (QED) is 0.402. The maximum absolute atomic E-state index is 13.5. The fourth-order valence-corrected chi connectivity index (χ4v) is 3.16. The highest BCUT2D eigenvalue weighted by Gasteiger charge is 2.27. The molecule has 128 valence electrons. The van der Waals surface area contributed by atoms with E-state index in [-0.39, 0.29) is 0 Å². The van der Waals surface area contributed by atoms with Crippen molar-refractivity contribution in [3.8, 4) is 0 Å². The second-order valence-electron chi connectivity index (χ2n) is 4.71. The minimum atomic E-state index is -4.26. The number of hydrogen-bond donors (Lipinski definition) is 0. The summed E-state index contributed by atoms with van der Waals surface area (Å²) in [5, 5.41) is 0.647. The van der Waals surface area contributed by atoms with Crippen LogP contribution in [0.15, 0.2) is 34.1 Å². The molecule has 0 spiro atoms. The predicted octanol–water partition coefficient (Wildman–Crippen LogP) is 4.73. The SMILES string of the molecule is O=S(=O)(/C=C/c1ccc(Br)cc1)Cc1c(F)c(F)c(F)c(F)c1F. The molecule has 0 aromatic heterocycles. The van der Waals surface area contributed by atoms with E-state index in [0.29, 0.717) is 11.0 Å². The predicted molar refractivity (Wildman–Crippen MR) is 82.0 cm³/mol. The smallest absolute Gasteiger partial charge is 0.200 e. The Labute approximate surface area is 142 Å². The number of benzene rings is 2. The highest BCUT2D eigenvalue weighted by molar-refractivity contribution is 9.10. The van der Waals surface area contributed by atoms with E-state index in [1.54, 1.807) is 24.3 Å². The molecule has 24 heavy (non-hydrogen) atoms. The maximum atomic E-state index is 13.5. The summed E-state index contributed by atoms with van der Waals surface area (Å²) < 4.78 is 90.7. The zero-order valence-corrected chi connectivity index (χ0v) is 14.1. The normalized spacial score (nSPS) is 12.1. The number of halogens is 6. The summed E-state index contributed by atoms with van der Waals surface area (Å²) >= 11 is 3.19. The fourth-order valence-electron chi connectivity index (χ4n) is 1.78. The van der Waals surface area contributed by atoms with Crippen molar-refractivity contribution >= 4 is 31.8 Å². The molecule has 0 N–H and O–H groups in total. The minimum absolute atomic E-state index is 0.471. The third-order valence-electron chi connectivity index (χ3n) is 2.98. The Morgan fingerprint density at radius 3 is 1.79 bits per heavy atom. The summed E-state index contributed by atoms with van der Waals surface area (Å²) in [6.07, 6.45) is 1.15. The molecule has 0 saturated heterocycles. The van der Waals surface area contributed by atoms with Gasteiger partial charge in [0.15, 0.2) is 33.1 Å². The summed E-state index contributed by atoms with van der Waals surface area (Å²) in [6, 6.07) is 6.40. The molecule has 9 heteroatoms. The molecule has 2 aromatic rings. The summed E-state index contributed by atoms with van der Waals surface area (Å²) in [5.74, 6) is -12.4. The zero-order valence-electron chi connectivity index (χ0n) is 11.7. The Hall–Kier alpha value is -1.74. The van der Waals surface area contributed by atoms with E-state index in [9.17, 15) is 30.4 Å². The molecule has 0 aliphatic rings. The zero-order chi connectivity index (χ0) is 18.1. The molecule has 2 rings (SSSR count). The molecule has 0 aliphatic carbocycles. The highest BCUT2D eigenvalue weighted by atomic mass is 79.9. The fraction of sp³-hybridized carbons (Fsp3) is 0.0667. The first-order valence-corrected chi connectivity index (χ1v) is 8.80. The van der Waals surface area contributed by atoms with Crippen LogP contribution in [0.2, 0.25) is 0 Å². The molecule has 0 fully saturated rings.